The van der Waals surface area contributed by atoms with Crippen LogP contribution in [0.1, 0.15) is 18.4 Å². The summed E-state index contributed by atoms with van der Waals surface area (Å²) in [4.78, 5) is 13.1. The van der Waals surface area contributed by atoms with Gasteiger partial charge in [-0.05, 0) is 45.9 Å². The van der Waals surface area contributed by atoms with Crippen LogP contribution in [0.25, 0.3) is 0 Å². The second kappa shape index (κ2) is 7.56. The fraction of sp³-hybridized carbons (Fsp3) is 0.733. The highest BCUT2D eigenvalue weighted by Gasteiger charge is 2.22. The molecule has 1 aliphatic rings. The minimum absolute atomic E-state index is 0.609. The van der Waals surface area contributed by atoms with Crippen LogP contribution in [0, 0.1) is 5.92 Å². The summed E-state index contributed by atoms with van der Waals surface area (Å²) in [6.45, 7) is 4.15. The van der Waals surface area contributed by atoms with Gasteiger partial charge in [0.25, 0.3) is 0 Å². The number of piperidine rings is 1. The van der Waals surface area contributed by atoms with Crippen molar-refractivity contribution in [2.45, 2.75) is 19.4 Å². The van der Waals surface area contributed by atoms with Crippen LogP contribution in [-0.4, -0.2) is 67.7 Å². The van der Waals surface area contributed by atoms with E-state index in [1.165, 1.54) is 25.7 Å². The van der Waals surface area contributed by atoms with Gasteiger partial charge in [0.2, 0.25) is 11.8 Å². The molecule has 0 aliphatic carbocycles. The Bertz CT molecular complexity index is 423. The maximum atomic E-state index is 5.34. The van der Waals surface area contributed by atoms with Crippen molar-refractivity contribution in [3.05, 3.63) is 11.9 Å². The van der Waals surface area contributed by atoms with Crippen LogP contribution in [0.2, 0.25) is 0 Å². The summed E-state index contributed by atoms with van der Waals surface area (Å²) in [5.74, 6) is 2.02. The third-order valence-electron chi connectivity index (χ3n) is 3.97. The second-order valence-electron chi connectivity index (χ2n) is 5.85. The molecule has 1 aromatic rings. The second-order valence-corrected chi connectivity index (χ2v) is 5.85. The summed E-state index contributed by atoms with van der Waals surface area (Å²) in [7, 11) is 7.55. The van der Waals surface area contributed by atoms with E-state index in [1.54, 1.807) is 14.2 Å². The van der Waals surface area contributed by atoms with E-state index in [0.29, 0.717) is 11.8 Å². The first-order valence-electron chi connectivity index (χ1n) is 7.43. The van der Waals surface area contributed by atoms with Gasteiger partial charge < -0.3 is 14.4 Å². The number of nitrogens with zero attached hydrogens (tertiary/aromatic N) is 4. The summed E-state index contributed by atoms with van der Waals surface area (Å²) in [5.41, 5.74) is 0.938. The molecule has 0 bridgehead atoms. The molecule has 2 rings (SSSR count). The largest absolute Gasteiger partial charge is 0.481 e. The van der Waals surface area contributed by atoms with Gasteiger partial charge in [0.05, 0.1) is 19.8 Å². The molecule has 0 N–H and O–H groups in total. The van der Waals surface area contributed by atoms with Crippen molar-refractivity contribution in [3.63, 3.8) is 0 Å². The Kier molecular flexibility index (Phi) is 5.76. The normalized spacial score (nSPS) is 17.2. The van der Waals surface area contributed by atoms with Gasteiger partial charge >= 0.3 is 0 Å². The van der Waals surface area contributed by atoms with Crippen molar-refractivity contribution in [2.75, 3.05) is 47.9 Å². The van der Waals surface area contributed by atoms with Crippen LogP contribution in [0.5, 0.6) is 11.8 Å². The maximum absolute atomic E-state index is 5.34. The molecule has 0 spiro atoms. The predicted octanol–water partition coefficient (Wildman–Crippen LogP) is 1.27. The van der Waals surface area contributed by atoms with Crippen molar-refractivity contribution in [3.8, 4) is 11.8 Å². The SMILES string of the molecule is COc1ncnc(OC)c1CN1CCC(CN(C)C)CC1. The van der Waals surface area contributed by atoms with Gasteiger partial charge in [-0.15, -0.1) is 0 Å². The topological polar surface area (TPSA) is 50.7 Å². The first-order valence-corrected chi connectivity index (χ1v) is 7.43. The Morgan fingerprint density at radius 2 is 1.71 bits per heavy atom. The first kappa shape index (κ1) is 16.0. The van der Waals surface area contributed by atoms with Crippen molar-refractivity contribution in [1.82, 2.24) is 19.8 Å². The van der Waals surface area contributed by atoms with E-state index in [4.69, 9.17) is 9.47 Å². The number of hydrogen-bond acceptors (Lipinski definition) is 6. The summed E-state index contributed by atoms with van der Waals surface area (Å²) in [6.07, 6.45) is 3.94. The Hall–Kier alpha value is -1.40. The van der Waals surface area contributed by atoms with Crippen LogP contribution < -0.4 is 9.47 Å². The highest BCUT2D eigenvalue weighted by Crippen LogP contribution is 2.27. The summed E-state index contributed by atoms with van der Waals surface area (Å²) >= 11 is 0. The van der Waals surface area contributed by atoms with Crippen LogP contribution in [0.15, 0.2) is 6.33 Å². The number of hydrogen-bond donors (Lipinski definition) is 0. The Morgan fingerprint density at radius 3 is 2.19 bits per heavy atom. The fourth-order valence-corrected chi connectivity index (χ4v) is 2.94. The molecule has 0 radical (unpaired) electrons. The minimum atomic E-state index is 0.609. The molecule has 0 saturated carbocycles. The zero-order valence-electron chi connectivity index (χ0n) is 13.5. The third kappa shape index (κ3) is 4.28. The van der Waals surface area contributed by atoms with Crippen LogP contribution in [-0.2, 0) is 6.54 Å². The number of methoxy groups -OCH3 is 2. The quantitative estimate of drug-likeness (QED) is 0.787. The number of rotatable bonds is 6. The summed E-state index contributed by atoms with van der Waals surface area (Å²) in [5, 5.41) is 0. The van der Waals surface area contributed by atoms with Crippen molar-refractivity contribution < 1.29 is 9.47 Å². The zero-order chi connectivity index (χ0) is 15.2. The molecule has 2 heterocycles. The number of aromatic nitrogens is 2. The van der Waals surface area contributed by atoms with E-state index in [9.17, 15) is 0 Å². The van der Waals surface area contributed by atoms with E-state index in [1.807, 2.05) is 0 Å². The highest BCUT2D eigenvalue weighted by molar-refractivity contribution is 5.34. The molecular weight excluding hydrogens is 268 g/mol. The lowest BCUT2D eigenvalue weighted by Gasteiger charge is -2.33. The summed E-state index contributed by atoms with van der Waals surface area (Å²) < 4.78 is 10.7. The average Bonchev–Trinajstić information content (AvgIpc) is 2.49. The summed E-state index contributed by atoms with van der Waals surface area (Å²) in [6, 6.07) is 0. The van der Waals surface area contributed by atoms with E-state index in [0.717, 1.165) is 31.1 Å². The molecule has 0 atom stereocenters. The number of ether oxygens (including phenoxy) is 2. The van der Waals surface area contributed by atoms with Crippen LogP contribution in [0.4, 0.5) is 0 Å². The molecule has 118 valence electrons. The van der Waals surface area contributed by atoms with Gasteiger partial charge in [0, 0.05) is 13.1 Å². The molecule has 0 amide bonds. The molecule has 21 heavy (non-hydrogen) atoms. The van der Waals surface area contributed by atoms with Crippen molar-refractivity contribution >= 4 is 0 Å². The van der Waals surface area contributed by atoms with E-state index in [2.05, 4.69) is 33.9 Å². The van der Waals surface area contributed by atoms with Crippen molar-refractivity contribution in [2.24, 2.45) is 5.92 Å². The molecule has 0 unspecified atom stereocenters. The van der Waals surface area contributed by atoms with Crippen LogP contribution in [0.3, 0.4) is 0 Å². The van der Waals surface area contributed by atoms with E-state index >= 15 is 0 Å². The lowest BCUT2D eigenvalue weighted by atomic mass is 9.96. The first-order chi connectivity index (χ1) is 10.1. The smallest absolute Gasteiger partial charge is 0.224 e. The Labute approximate surface area is 127 Å². The Balaban J connectivity index is 1.97. The molecule has 1 aromatic heterocycles. The van der Waals surface area contributed by atoms with Crippen LogP contribution >= 0.6 is 0 Å². The zero-order valence-corrected chi connectivity index (χ0v) is 13.5. The fourth-order valence-electron chi connectivity index (χ4n) is 2.94. The highest BCUT2D eigenvalue weighted by atomic mass is 16.5. The maximum Gasteiger partial charge on any atom is 0.224 e. The number of likely N-dealkylation sites (tertiary alicyclic amines) is 1. The lowest BCUT2D eigenvalue weighted by Crippen LogP contribution is -2.36. The van der Waals surface area contributed by atoms with E-state index in [-0.39, 0.29) is 0 Å². The molecule has 1 fully saturated rings. The Morgan fingerprint density at radius 1 is 1.14 bits per heavy atom. The molecule has 0 aromatic carbocycles. The third-order valence-corrected chi connectivity index (χ3v) is 3.97. The molecular formula is C15H26N4O2. The lowest BCUT2D eigenvalue weighted by molar-refractivity contribution is 0.154. The minimum Gasteiger partial charge on any atom is -0.481 e. The van der Waals surface area contributed by atoms with E-state index < -0.39 is 0 Å². The van der Waals surface area contributed by atoms with Gasteiger partial charge in [-0.25, -0.2) is 9.97 Å². The predicted molar refractivity (Wildman–Crippen MR) is 81.7 cm³/mol. The van der Waals surface area contributed by atoms with Gasteiger partial charge in [0.15, 0.2) is 0 Å². The van der Waals surface area contributed by atoms with Gasteiger partial charge in [-0.3, -0.25) is 4.90 Å². The monoisotopic (exact) mass is 294 g/mol. The molecule has 1 saturated heterocycles. The molecule has 1 aliphatic heterocycles. The van der Waals surface area contributed by atoms with Gasteiger partial charge in [-0.2, -0.15) is 0 Å². The molecule has 6 nitrogen and oxygen atoms in total. The van der Waals surface area contributed by atoms with Gasteiger partial charge in [-0.1, -0.05) is 0 Å². The van der Waals surface area contributed by atoms with Crippen molar-refractivity contribution in [1.29, 1.82) is 0 Å². The standard InChI is InChI=1S/C15H26N4O2/c1-18(2)9-12-5-7-19(8-6-12)10-13-14(20-3)16-11-17-15(13)21-4/h11-12H,5-10H2,1-4H3. The van der Waals surface area contributed by atoms with Gasteiger partial charge in [0.1, 0.15) is 6.33 Å². The molecule has 6 heteroatoms. The average molecular weight is 294 g/mol.